The first-order valence-electron chi connectivity index (χ1n) is 6.91. The summed E-state index contributed by atoms with van der Waals surface area (Å²) >= 11 is 0. The molecule has 0 unspecified atom stereocenters. The van der Waals surface area contributed by atoms with Crippen LogP contribution in [0.25, 0.3) is 0 Å². The van der Waals surface area contributed by atoms with E-state index in [-0.39, 0.29) is 22.6 Å². The van der Waals surface area contributed by atoms with Crippen molar-refractivity contribution in [3.05, 3.63) is 59.3 Å². The minimum atomic E-state index is -0.893. The molecule has 1 aliphatic rings. The average Bonchev–Trinajstić information content (AvgIpc) is 2.81. The molecule has 2 amide bonds. The van der Waals surface area contributed by atoms with Gasteiger partial charge in [-0.15, -0.1) is 0 Å². The Hall–Kier alpha value is -3.22. The standard InChI is InChI=1S/C16H12N2O5/c1-2-22-13-12(8-5-9-17-13)16(21)23-18-14(19)10-6-3-4-7-11(10)15(18)20/h3-9H,2H2,1H3. The summed E-state index contributed by atoms with van der Waals surface area (Å²) in [6.45, 7) is 2.05. The van der Waals surface area contributed by atoms with Gasteiger partial charge in [0.2, 0.25) is 5.88 Å². The van der Waals surface area contributed by atoms with Crippen molar-refractivity contribution in [1.29, 1.82) is 0 Å². The number of hydrogen-bond donors (Lipinski definition) is 0. The van der Waals surface area contributed by atoms with E-state index in [4.69, 9.17) is 9.57 Å². The number of benzene rings is 1. The molecular weight excluding hydrogens is 300 g/mol. The molecule has 2 heterocycles. The zero-order valence-corrected chi connectivity index (χ0v) is 12.2. The number of imide groups is 1. The molecule has 0 spiro atoms. The van der Waals surface area contributed by atoms with Gasteiger partial charge in [-0.05, 0) is 31.2 Å². The molecular formula is C16H12N2O5. The van der Waals surface area contributed by atoms with Crippen molar-refractivity contribution in [3.63, 3.8) is 0 Å². The second-order valence-corrected chi connectivity index (χ2v) is 4.62. The van der Waals surface area contributed by atoms with Crippen LogP contribution in [0.15, 0.2) is 42.6 Å². The van der Waals surface area contributed by atoms with Crippen molar-refractivity contribution in [2.24, 2.45) is 0 Å². The Morgan fingerprint density at radius 3 is 2.35 bits per heavy atom. The highest BCUT2D eigenvalue weighted by atomic mass is 16.7. The van der Waals surface area contributed by atoms with Crippen molar-refractivity contribution < 1.29 is 24.0 Å². The molecule has 0 fully saturated rings. The maximum atomic E-state index is 12.3. The predicted molar refractivity (Wildman–Crippen MR) is 77.8 cm³/mol. The molecule has 23 heavy (non-hydrogen) atoms. The van der Waals surface area contributed by atoms with Crippen LogP contribution in [0.2, 0.25) is 0 Å². The van der Waals surface area contributed by atoms with Crippen LogP contribution in [0.1, 0.15) is 38.0 Å². The van der Waals surface area contributed by atoms with Gasteiger partial charge in [-0.3, -0.25) is 9.59 Å². The van der Waals surface area contributed by atoms with E-state index in [0.29, 0.717) is 11.7 Å². The van der Waals surface area contributed by atoms with E-state index in [0.717, 1.165) is 0 Å². The van der Waals surface area contributed by atoms with E-state index in [9.17, 15) is 14.4 Å². The van der Waals surface area contributed by atoms with Gasteiger partial charge in [0, 0.05) is 6.20 Å². The summed E-state index contributed by atoms with van der Waals surface area (Å²) in [6, 6.07) is 9.23. The zero-order valence-electron chi connectivity index (χ0n) is 12.2. The van der Waals surface area contributed by atoms with Crippen LogP contribution in [0.4, 0.5) is 0 Å². The first-order chi connectivity index (χ1) is 11.1. The molecule has 0 N–H and O–H groups in total. The van der Waals surface area contributed by atoms with Crippen LogP contribution in [0.5, 0.6) is 5.88 Å². The monoisotopic (exact) mass is 312 g/mol. The lowest BCUT2D eigenvalue weighted by atomic mass is 10.1. The highest BCUT2D eigenvalue weighted by Gasteiger charge is 2.39. The third-order valence-electron chi connectivity index (χ3n) is 3.20. The molecule has 0 bridgehead atoms. The molecule has 7 heteroatoms. The summed E-state index contributed by atoms with van der Waals surface area (Å²) in [7, 11) is 0. The second-order valence-electron chi connectivity index (χ2n) is 4.62. The minimum Gasteiger partial charge on any atom is -0.477 e. The fourth-order valence-electron chi connectivity index (χ4n) is 2.18. The van der Waals surface area contributed by atoms with Crippen molar-refractivity contribution in [3.8, 4) is 5.88 Å². The number of hydroxylamine groups is 2. The number of fused-ring (bicyclic) bond motifs is 1. The highest BCUT2D eigenvalue weighted by Crippen LogP contribution is 2.24. The highest BCUT2D eigenvalue weighted by molar-refractivity contribution is 6.21. The fourth-order valence-corrected chi connectivity index (χ4v) is 2.18. The molecule has 1 aromatic heterocycles. The lowest BCUT2D eigenvalue weighted by Gasteiger charge is -2.13. The third-order valence-corrected chi connectivity index (χ3v) is 3.20. The van der Waals surface area contributed by atoms with Crippen molar-refractivity contribution in [2.75, 3.05) is 6.61 Å². The molecule has 1 aliphatic heterocycles. The molecule has 1 aromatic carbocycles. The normalized spacial score (nSPS) is 13.0. The summed E-state index contributed by atoms with van der Waals surface area (Å²) in [5.74, 6) is -2.17. The molecule has 0 saturated heterocycles. The number of carbonyl (C=O) groups excluding carboxylic acids is 3. The van der Waals surface area contributed by atoms with Gasteiger partial charge < -0.3 is 9.57 Å². The summed E-state index contributed by atoms with van der Waals surface area (Å²) in [4.78, 5) is 45.5. The molecule has 116 valence electrons. The number of nitrogens with zero attached hydrogens (tertiary/aromatic N) is 2. The van der Waals surface area contributed by atoms with E-state index >= 15 is 0 Å². The Balaban J connectivity index is 1.85. The number of pyridine rings is 1. The number of amides is 2. The summed E-state index contributed by atoms with van der Waals surface area (Å²) in [5.41, 5.74) is 0.425. The zero-order chi connectivity index (χ0) is 16.4. The number of hydrogen-bond acceptors (Lipinski definition) is 6. The first-order valence-corrected chi connectivity index (χ1v) is 6.91. The number of aromatic nitrogens is 1. The molecule has 0 saturated carbocycles. The molecule has 7 nitrogen and oxygen atoms in total. The number of carbonyl (C=O) groups is 3. The van der Waals surface area contributed by atoms with Gasteiger partial charge in [0.05, 0.1) is 17.7 Å². The molecule has 2 aromatic rings. The van der Waals surface area contributed by atoms with E-state index in [1.807, 2.05) is 0 Å². The quantitative estimate of drug-likeness (QED) is 0.801. The van der Waals surface area contributed by atoms with Crippen molar-refractivity contribution in [1.82, 2.24) is 10.0 Å². The SMILES string of the molecule is CCOc1ncccc1C(=O)ON1C(=O)c2ccccc2C1=O. The molecule has 0 radical (unpaired) electrons. The predicted octanol–water partition coefficient (Wildman–Crippen LogP) is 1.85. The lowest BCUT2D eigenvalue weighted by Crippen LogP contribution is -2.32. The van der Waals surface area contributed by atoms with Gasteiger partial charge >= 0.3 is 5.97 Å². The van der Waals surface area contributed by atoms with Crippen LogP contribution in [-0.2, 0) is 4.84 Å². The minimum absolute atomic E-state index is 0.0332. The second kappa shape index (κ2) is 5.88. The van der Waals surface area contributed by atoms with Gasteiger partial charge in [0.15, 0.2) is 0 Å². The van der Waals surface area contributed by atoms with Crippen LogP contribution in [0.3, 0.4) is 0 Å². The Morgan fingerprint density at radius 2 is 1.74 bits per heavy atom. The van der Waals surface area contributed by atoms with Gasteiger partial charge in [-0.1, -0.05) is 17.2 Å². The lowest BCUT2D eigenvalue weighted by molar-refractivity contribution is -0.0587. The van der Waals surface area contributed by atoms with E-state index < -0.39 is 17.8 Å². The van der Waals surface area contributed by atoms with Gasteiger partial charge in [0.25, 0.3) is 11.8 Å². The first kappa shape index (κ1) is 14.7. The van der Waals surface area contributed by atoms with E-state index in [1.165, 1.54) is 30.5 Å². The van der Waals surface area contributed by atoms with Crippen LogP contribution in [-0.4, -0.2) is 34.4 Å². The summed E-state index contributed by atoms with van der Waals surface area (Å²) in [5, 5.41) is 0.454. The summed E-state index contributed by atoms with van der Waals surface area (Å²) < 4.78 is 5.24. The van der Waals surface area contributed by atoms with Crippen molar-refractivity contribution >= 4 is 17.8 Å². The Bertz CT molecular complexity index is 768. The largest absolute Gasteiger partial charge is 0.477 e. The fraction of sp³-hybridized carbons (Fsp3) is 0.125. The van der Waals surface area contributed by atoms with E-state index in [1.54, 1.807) is 19.1 Å². The molecule has 3 rings (SSSR count). The van der Waals surface area contributed by atoms with Crippen LogP contribution in [0, 0.1) is 0 Å². The van der Waals surface area contributed by atoms with Crippen molar-refractivity contribution in [2.45, 2.75) is 6.92 Å². The maximum Gasteiger partial charge on any atom is 0.369 e. The van der Waals surface area contributed by atoms with Crippen LogP contribution >= 0.6 is 0 Å². The molecule has 0 atom stereocenters. The average molecular weight is 312 g/mol. The Labute approximate surface area is 131 Å². The number of rotatable bonds is 4. The number of ether oxygens (including phenoxy) is 1. The van der Waals surface area contributed by atoms with Gasteiger partial charge in [0.1, 0.15) is 5.56 Å². The van der Waals surface area contributed by atoms with Gasteiger partial charge in [-0.2, -0.15) is 0 Å². The maximum absolute atomic E-state index is 12.3. The Morgan fingerprint density at radius 1 is 1.09 bits per heavy atom. The van der Waals surface area contributed by atoms with Crippen LogP contribution < -0.4 is 4.74 Å². The van der Waals surface area contributed by atoms with E-state index in [2.05, 4.69) is 4.98 Å². The topological polar surface area (TPSA) is 85.8 Å². The Kier molecular flexibility index (Phi) is 3.76. The smallest absolute Gasteiger partial charge is 0.369 e. The molecule has 0 aliphatic carbocycles. The van der Waals surface area contributed by atoms with Gasteiger partial charge in [-0.25, -0.2) is 9.78 Å². The summed E-state index contributed by atoms with van der Waals surface area (Å²) in [6.07, 6.45) is 1.46. The third kappa shape index (κ3) is 2.52.